The van der Waals surface area contributed by atoms with E-state index in [4.69, 9.17) is 9.97 Å². The number of piperazine rings is 1. The summed E-state index contributed by atoms with van der Waals surface area (Å²) in [6.45, 7) is 13.7. The van der Waals surface area contributed by atoms with Gasteiger partial charge in [-0.05, 0) is 73.9 Å². The average molecular weight is 528 g/mol. The van der Waals surface area contributed by atoms with Crippen LogP contribution in [0.4, 0.5) is 11.6 Å². The minimum Gasteiger partial charge on any atom is -0.354 e. The number of likely N-dealkylation sites (N-methyl/N-ethyl adjacent to an activating group) is 1. The average Bonchev–Trinajstić information content (AvgIpc) is 3.61. The molecule has 0 spiro atoms. The number of nitrogens with zero attached hydrogens (tertiary/aromatic N) is 5. The van der Waals surface area contributed by atoms with E-state index in [0.29, 0.717) is 12.0 Å². The molecular formula is C34H49N5. The zero-order valence-corrected chi connectivity index (χ0v) is 25.0. The van der Waals surface area contributed by atoms with E-state index in [1.807, 2.05) is 6.92 Å². The topological polar surface area (TPSA) is 35.5 Å². The Morgan fingerprint density at radius 3 is 2.38 bits per heavy atom. The third-order valence-corrected chi connectivity index (χ3v) is 8.86. The fourth-order valence-corrected chi connectivity index (χ4v) is 6.65. The molecule has 3 heterocycles. The Labute approximate surface area is 237 Å². The summed E-state index contributed by atoms with van der Waals surface area (Å²) in [6.07, 6.45) is 16.7. The van der Waals surface area contributed by atoms with Gasteiger partial charge in [0.1, 0.15) is 17.5 Å². The lowest BCUT2D eigenvalue weighted by atomic mass is 9.91. The minimum atomic E-state index is 0.416. The third-order valence-electron chi connectivity index (χ3n) is 8.86. The van der Waals surface area contributed by atoms with Crippen LogP contribution in [0, 0.1) is 18.8 Å². The van der Waals surface area contributed by atoms with Crippen LogP contribution in [-0.4, -0.2) is 54.1 Å². The first-order valence-electron chi connectivity index (χ1n) is 15.5. The number of fused-ring (bicyclic) bond motifs is 1. The van der Waals surface area contributed by atoms with Crippen LogP contribution in [-0.2, 0) is 13.0 Å². The smallest absolute Gasteiger partial charge is 0.134 e. The van der Waals surface area contributed by atoms with Gasteiger partial charge < -0.3 is 14.7 Å². The van der Waals surface area contributed by atoms with Gasteiger partial charge in [-0.3, -0.25) is 0 Å². The number of hydrogen-bond donors (Lipinski definition) is 0. The Morgan fingerprint density at radius 1 is 0.923 bits per heavy atom. The van der Waals surface area contributed by atoms with Gasteiger partial charge >= 0.3 is 0 Å². The van der Waals surface area contributed by atoms with E-state index in [-0.39, 0.29) is 0 Å². The molecule has 39 heavy (non-hydrogen) atoms. The SMILES string of the molecule is CCC.Cc1nc(N2CCN(C)CC2)cc(N2Cc3cc(C4=CC(CC5CCCC5)C=C4)ccc3CC2C)n1. The highest BCUT2D eigenvalue weighted by Gasteiger charge is 2.27. The fraction of sp³-hybridized carbons (Fsp3) is 0.588. The quantitative estimate of drug-likeness (QED) is 0.416. The molecule has 1 saturated heterocycles. The van der Waals surface area contributed by atoms with Crippen molar-refractivity contribution in [1.29, 1.82) is 0 Å². The van der Waals surface area contributed by atoms with Crippen molar-refractivity contribution < 1.29 is 0 Å². The number of anilines is 2. The first kappa shape index (κ1) is 27.9. The van der Waals surface area contributed by atoms with E-state index in [1.54, 1.807) is 0 Å². The Bertz CT molecular complexity index is 1170. The number of aromatic nitrogens is 2. The summed E-state index contributed by atoms with van der Waals surface area (Å²) in [7, 11) is 2.20. The van der Waals surface area contributed by atoms with Crippen molar-refractivity contribution in [2.45, 2.75) is 85.2 Å². The highest BCUT2D eigenvalue weighted by Crippen LogP contribution is 2.36. The van der Waals surface area contributed by atoms with Gasteiger partial charge in [0.25, 0.3) is 0 Å². The number of rotatable bonds is 5. The molecule has 5 heteroatoms. The van der Waals surface area contributed by atoms with Crippen LogP contribution < -0.4 is 9.80 Å². The molecule has 2 atom stereocenters. The van der Waals surface area contributed by atoms with Gasteiger partial charge in [0.05, 0.1) is 0 Å². The molecular weight excluding hydrogens is 478 g/mol. The standard InChI is InChI=1S/C31H41N5.C3H8/c1-22-16-26-10-11-28(27-9-8-25(18-27)17-24-6-4-5-7-24)19-29(26)21-36(22)31-20-30(32-23(2)33-31)35-14-12-34(3)13-15-35;1-3-2/h8-11,18-20,22,24-25H,4-7,12-17,21H2,1-3H3;3H2,1-2H3. The second-order valence-electron chi connectivity index (χ2n) is 12.3. The van der Waals surface area contributed by atoms with Crippen molar-refractivity contribution >= 4 is 17.2 Å². The molecule has 1 aromatic carbocycles. The van der Waals surface area contributed by atoms with Crippen molar-refractivity contribution in [1.82, 2.24) is 14.9 Å². The van der Waals surface area contributed by atoms with Crippen molar-refractivity contribution in [3.63, 3.8) is 0 Å². The van der Waals surface area contributed by atoms with Crippen LogP contribution in [0.15, 0.2) is 42.5 Å². The molecule has 5 nitrogen and oxygen atoms in total. The van der Waals surface area contributed by atoms with Gasteiger partial charge in [-0.2, -0.15) is 0 Å². The van der Waals surface area contributed by atoms with Crippen molar-refractivity contribution in [3.8, 4) is 0 Å². The minimum absolute atomic E-state index is 0.416. The zero-order chi connectivity index (χ0) is 27.4. The number of aryl methyl sites for hydroxylation is 1. The molecule has 1 aromatic heterocycles. The second kappa shape index (κ2) is 12.7. The lowest BCUT2D eigenvalue weighted by Gasteiger charge is -2.37. The van der Waals surface area contributed by atoms with E-state index < -0.39 is 0 Å². The Balaban J connectivity index is 0.000000983. The number of allylic oxidation sites excluding steroid dienone is 4. The summed E-state index contributed by atoms with van der Waals surface area (Å²) in [5.74, 6) is 4.56. The zero-order valence-electron chi connectivity index (χ0n) is 25.0. The molecule has 1 saturated carbocycles. The molecule has 2 unspecified atom stereocenters. The molecule has 2 aromatic rings. The molecule has 2 aliphatic carbocycles. The van der Waals surface area contributed by atoms with E-state index >= 15 is 0 Å². The Morgan fingerprint density at radius 2 is 1.64 bits per heavy atom. The highest BCUT2D eigenvalue weighted by molar-refractivity contribution is 5.77. The first-order chi connectivity index (χ1) is 18.9. The summed E-state index contributed by atoms with van der Waals surface area (Å²) in [5, 5.41) is 0. The van der Waals surface area contributed by atoms with Gasteiger partial charge in [0.15, 0.2) is 0 Å². The summed E-state index contributed by atoms with van der Waals surface area (Å²) in [4.78, 5) is 17.0. The van der Waals surface area contributed by atoms with Gasteiger partial charge in [-0.1, -0.05) is 76.3 Å². The maximum absolute atomic E-state index is 4.90. The molecule has 6 rings (SSSR count). The van der Waals surface area contributed by atoms with Crippen LogP contribution in [0.25, 0.3) is 5.57 Å². The van der Waals surface area contributed by atoms with Crippen molar-refractivity contribution in [3.05, 3.63) is 65.0 Å². The van der Waals surface area contributed by atoms with Crippen LogP contribution >= 0.6 is 0 Å². The van der Waals surface area contributed by atoms with Gasteiger partial charge in [-0.15, -0.1) is 0 Å². The van der Waals surface area contributed by atoms with E-state index in [1.165, 1.54) is 60.8 Å². The molecule has 4 aliphatic rings. The molecule has 0 N–H and O–H groups in total. The molecule has 0 bridgehead atoms. The molecule has 0 radical (unpaired) electrons. The predicted octanol–water partition coefficient (Wildman–Crippen LogP) is 7.05. The van der Waals surface area contributed by atoms with E-state index in [0.717, 1.165) is 62.5 Å². The van der Waals surface area contributed by atoms with Gasteiger partial charge in [0, 0.05) is 44.8 Å². The fourth-order valence-electron chi connectivity index (χ4n) is 6.65. The van der Waals surface area contributed by atoms with E-state index in [9.17, 15) is 0 Å². The maximum Gasteiger partial charge on any atom is 0.134 e. The monoisotopic (exact) mass is 527 g/mol. The summed E-state index contributed by atoms with van der Waals surface area (Å²) < 4.78 is 0. The predicted molar refractivity (Wildman–Crippen MR) is 165 cm³/mol. The van der Waals surface area contributed by atoms with Gasteiger partial charge in [-0.25, -0.2) is 9.97 Å². The lowest BCUT2D eigenvalue weighted by Crippen LogP contribution is -2.45. The molecule has 0 amide bonds. The summed E-state index contributed by atoms with van der Waals surface area (Å²) in [5.41, 5.74) is 5.70. The van der Waals surface area contributed by atoms with Crippen molar-refractivity contribution in [2.75, 3.05) is 43.0 Å². The second-order valence-corrected chi connectivity index (χ2v) is 12.3. The third kappa shape index (κ3) is 6.74. The van der Waals surface area contributed by atoms with Crippen LogP contribution in [0.2, 0.25) is 0 Å². The summed E-state index contributed by atoms with van der Waals surface area (Å²) >= 11 is 0. The lowest BCUT2D eigenvalue weighted by molar-refractivity contribution is 0.312. The first-order valence-corrected chi connectivity index (χ1v) is 15.5. The molecule has 210 valence electrons. The largest absolute Gasteiger partial charge is 0.354 e. The highest BCUT2D eigenvalue weighted by atomic mass is 15.3. The maximum atomic E-state index is 4.90. The Hall–Kier alpha value is -2.66. The number of benzene rings is 1. The van der Waals surface area contributed by atoms with Crippen LogP contribution in [0.3, 0.4) is 0 Å². The molecule has 2 aliphatic heterocycles. The Kier molecular flexibility index (Phi) is 9.06. The number of hydrogen-bond acceptors (Lipinski definition) is 5. The van der Waals surface area contributed by atoms with Gasteiger partial charge in [0.2, 0.25) is 0 Å². The summed E-state index contributed by atoms with van der Waals surface area (Å²) in [6, 6.07) is 9.80. The van der Waals surface area contributed by atoms with Crippen LogP contribution in [0.5, 0.6) is 0 Å². The van der Waals surface area contributed by atoms with E-state index in [2.05, 4.69) is 85.0 Å². The van der Waals surface area contributed by atoms with Crippen LogP contribution in [0.1, 0.15) is 81.8 Å². The normalized spacial score (nSPS) is 23.5. The molecule has 2 fully saturated rings. The van der Waals surface area contributed by atoms with Crippen molar-refractivity contribution in [2.24, 2.45) is 11.8 Å².